The summed E-state index contributed by atoms with van der Waals surface area (Å²) in [4.78, 5) is 1.41. The zero-order chi connectivity index (χ0) is 14.4. The SMILES string of the molecule is CCNC(CSc1ccc(C(C)C)cc1)C1CCCC1. The van der Waals surface area contributed by atoms with Gasteiger partial charge in [0.25, 0.3) is 0 Å². The molecule has 1 aromatic carbocycles. The molecule has 1 aromatic rings. The summed E-state index contributed by atoms with van der Waals surface area (Å²) in [5, 5.41) is 3.70. The van der Waals surface area contributed by atoms with Crippen molar-refractivity contribution in [2.45, 2.75) is 63.3 Å². The number of rotatable bonds is 7. The molecule has 1 atom stereocenters. The van der Waals surface area contributed by atoms with Crippen LogP contribution in [0.4, 0.5) is 0 Å². The van der Waals surface area contributed by atoms with Crippen molar-refractivity contribution in [2.24, 2.45) is 5.92 Å². The predicted octanol–water partition coefficient (Wildman–Crippen LogP) is 5.07. The quantitative estimate of drug-likeness (QED) is 0.704. The Morgan fingerprint density at radius 3 is 2.35 bits per heavy atom. The fourth-order valence-electron chi connectivity index (χ4n) is 3.12. The van der Waals surface area contributed by atoms with E-state index in [9.17, 15) is 0 Å². The van der Waals surface area contributed by atoms with E-state index in [1.807, 2.05) is 11.8 Å². The molecular weight excluding hydrogens is 262 g/mol. The van der Waals surface area contributed by atoms with Crippen LogP contribution < -0.4 is 5.32 Å². The third-order valence-corrected chi connectivity index (χ3v) is 5.54. The van der Waals surface area contributed by atoms with Gasteiger partial charge in [-0.2, -0.15) is 0 Å². The molecule has 0 bridgehead atoms. The smallest absolute Gasteiger partial charge is 0.0189 e. The number of thioether (sulfide) groups is 1. The van der Waals surface area contributed by atoms with Crippen LogP contribution in [0.25, 0.3) is 0 Å². The Morgan fingerprint density at radius 1 is 1.15 bits per heavy atom. The monoisotopic (exact) mass is 291 g/mol. The van der Waals surface area contributed by atoms with Gasteiger partial charge in [-0.15, -0.1) is 11.8 Å². The minimum absolute atomic E-state index is 0.627. The van der Waals surface area contributed by atoms with E-state index >= 15 is 0 Å². The van der Waals surface area contributed by atoms with Gasteiger partial charge in [-0.1, -0.05) is 45.7 Å². The Hall–Kier alpha value is -0.470. The first kappa shape index (κ1) is 15.9. The van der Waals surface area contributed by atoms with Gasteiger partial charge in [-0.05, 0) is 48.9 Å². The van der Waals surface area contributed by atoms with Gasteiger partial charge >= 0.3 is 0 Å². The van der Waals surface area contributed by atoms with Gasteiger partial charge in [-0.25, -0.2) is 0 Å². The molecule has 0 radical (unpaired) electrons. The lowest BCUT2D eigenvalue weighted by molar-refractivity contribution is 0.394. The van der Waals surface area contributed by atoms with Crippen molar-refractivity contribution in [2.75, 3.05) is 12.3 Å². The lowest BCUT2D eigenvalue weighted by Gasteiger charge is -2.24. The minimum Gasteiger partial charge on any atom is -0.313 e. The number of nitrogens with one attached hydrogen (secondary N) is 1. The van der Waals surface area contributed by atoms with Crippen molar-refractivity contribution >= 4 is 11.8 Å². The first-order valence-electron chi connectivity index (χ1n) is 8.16. The Morgan fingerprint density at radius 2 is 1.80 bits per heavy atom. The van der Waals surface area contributed by atoms with Crippen LogP contribution >= 0.6 is 11.8 Å². The van der Waals surface area contributed by atoms with Crippen LogP contribution in [-0.2, 0) is 0 Å². The molecule has 1 nitrogen and oxygen atoms in total. The second-order valence-electron chi connectivity index (χ2n) is 6.24. The Balaban J connectivity index is 1.87. The summed E-state index contributed by atoms with van der Waals surface area (Å²) < 4.78 is 0. The Labute approximate surface area is 128 Å². The molecule has 0 aromatic heterocycles. The molecule has 1 saturated carbocycles. The zero-order valence-corrected chi connectivity index (χ0v) is 14.0. The Kier molecular flexibility index (Phi) is 6.44. The summed E-state index contributed by atoms with van der Waals surface area (Å²) in [7, 11) is 0. The summed E-state index contributed by atoms with van der Waals surface area (Å²) in [5.41, 5.74) is 1.44. The predicted molar refractivity (Wildman–Crippen MR) is 90.7 cm³/mol. The van der Waals surface area contributed by atoms with E-state index in [1.54, 1.807) is 0 Å². The highest BCUT2D eigenvalue weighted by Crippen LogP contribution is 2.31. The van der Waals surface area contributed by atoms with Crippen LogP contribution in [-0.4, -0.2) is 18.3 Å². The molecule has 0 amide bonds. The fraction of sp³-hybridized carbons (Fsp3) is 0.667. The van der Waals surface area contributed by atoms with Gasteiger partial charge in [0.05, 0.1) is 0 Å². The maximum absolute atomic E-state index is 3.70. The summed E-state index contributed by atoms with van der Waals surface area (Å²) in [6, 6.07) is 9.84. The molecule has 0 heterocycles. The van der Waals surface area contributed by atoms with E-state index in [0.717, 1.165) is 12.5 Å². The molecule has 1 aliphatic rings. The van der Waals surface area contributed by atoms with E-state index in [1.165, 1.54) is 41.9 Å². The molecule has 2 heteroatoms. The topological polar surface area (TPSA) is 12.0 Å². The molecule has 1 N–H and O–H groups in total. The molecule has 0 saturated heterocycles. The molecular formula is C18H29NS. The second-order valence-corrected chi connectivity index (χ2v) is 7.34. The standard InChI is InChI=1S/C18H29NS/c1-4-19-18(16-7-5-6-8-16)13-20-17-11-9-15(10-12-17)14(2)3/h9-12,14,16,18-19H,4-8,13H2,1-3H3. The van der Waals surface area contributed by atoms with Crippen LogP contribution in [0.3, 0.4) is 0 Å². The van der Waals surface area contributed by atoms with Crippen molar-refractivity contribution in [3.05, 3.63) is 29.8 Å². The molecule has 0 aliphatic heterocycles. The van der Waals surface area contributed by atoms with Gasteiger partial charge in [-0.3, -0.25) is 0 Å². The molecule has 1 unspecified atom stereocenters. The van der Waals surface area contributed by atoms with Crippen molar-refractivity contribution in [1.29, 1.82) is 0 Å². The number of hydrogen-bond donors (Lipinski definition) is 1. The highest BCUT2D eigenvalue weighted by atomic mass is 32.2. The normalized spacial score (nSPS) is 17.8. The van der Waals surface area contributed by atoms with Gasteiger partial charge in [0, 0.05) is 16.7 Å². The summed E-state index contributed by atoms with van der Waals surface area (Å²) >= 11 is 2.01. The van der Waals surface area contributed by atoms with E-state index in [2.05, 4.69) is 50.4 Å². The van der Waals surface area contributed by atoms with E-state index in [0.29, 0.717) is 12.0 Å². The van der Waals surface area contributed by atoms with E-state index in [4.69, 9.17) is 0 Å². The van der Waals surface area contributed by atoms with Crippen molar-refractivity contribution in [1.82, 2.24) is 5.32 Å². The number of hydrogen-bond acceptors (Lipinski definition) is 2. The molecule has 112 valence electrons. The Bertz CT molecular complexity index is 379. The van der Waals surface area contributed by atoms with Gasteiger partial charge < -0.3 is 5.32 Å². The maximum atomic E-state index is 3.70. The van der Waals surface area contributed by atoms with E-state index < -0.39 is 0 Å². The number of benzene rings is 1. The molecule has 2 rings (SSSR count). The van der Waals surface area contributed by atoms with Crippen LogP contribution in [0.1, 0.15) is 57.9 Å². The van der Waals surface area contributed by atoms with Gasteiger partial charge in [0.2, 0.25) is 0 Å². The average Bonchev–Trinajstić information content (AvgIpc) is 2.98. The van der Waals surface area contributed by atoms with Crippen LogP contribution in [0.15, 0.2) is 29.2 Å². The molecule has 1 fully saturated rings. The van der Waals surface area contributed by atoms with Crippen LogP contribution in [0, 0.1) is 5.92 Å². The highest BCUT2D eigenvalue weighted by molar-refractivity contribution is 7.99. The average molecular weight is 292 g/mol. The largest absolute Gasteiger partial charge is 0.313 e. The minimum atomic E-state index is 0.627. The molecule has 0 spiro atoms. The second kappa shape index (κ2) is 8.09. The van der Waals surface area contributed by atoms with Gasteiger partial charge in [0.1, 0.15) is 0 Å². The maximum Gasteiger partial charge on any atom is 0.0189 e. The highest BCUT2D eigenvalue weighted by Gasteiger charge is 2.24. The first-order valence-corrected chi connectivity index (χ1v) is 9.15. The van der Waals surface area contributed by atoms with Crippen molar-refractivity contribution < 1.29 is 0 Å². The van der Waals surface area contributed by atoms with E-state index in [-0.39, 0.29) is 0 Å². The van der Waals surface area contributed by atoms with Crippen molar-refractivity contribution in [3.63, 3.8) is 0 Å². The van der Waals surface area contributed by atoms with Crippen LogP contribution in [0.2, 0.25) is 0 Å². The third-order valence-electron chi connectivity index (χ3n) is 4.41. The van der Waals surface area contributed by atoms with Crippen LogP contribution in [0.5, 0.6) is 0 Å². The van der Waals surface area contributed by atoms with Crippen molar-refractivity contribution in [3.8, 4) is 0 Å². The summed E-state index contributed by atoms with van der Waals surface area (Å²) in [6.45, 7) is 7.82. The zero-order valence-electron chi connectivity index (χ0n) is 13.2. The fourth-order valence-corrected chi connectivity index (χ4v) is 4.21. The lowest BCUT2D eigenvalue weighted by atomic mass is 10.00. The summed E-state index contributed by atoms with van der Waals surface area (Å²) in [6.07, 6.45) is 5.70. The first-order chi connectivity index (χ1) is 9.70. The van der Waals surface area contributed by atoms with Gasteiger partial charge in [0.15, 0.2) is 0 Å². The third kappa shape index (κ3) is 4.53. The molecule has 1 aliphatic carbocycles. The molecule has 20 heavy (non-hydrogen) atoms. The lowest BCUT2D eigenvalue weighted by Crippen LogP contribution is -2.37. The summed E-state index contributed by atoms with van der Waals surface area (Å²) in [5.74, 6) is 2.74.